The number of hydrogen-bond acceptors (Lipinski definition) is 5. The van der Waals surface area contributed by atoms with E-state index >= 15 is 0 Å². The molecule has 3 aromatic rings. The maximum Gasteiger partial charge on any atom is 0.264 e. The predicted octanol–water partition coefficient (Wildman–Crippen LogP) is 4.06. The third-order valence-electron chi connectivity index (χ3n) is 5.82. The summed E-state index contributed by atoms with van der Waals surface area (Å²) < 4.78 is 41.2. The topological polar surface area (TPSA) is 73.0 Å². The summed E-state index contributed by atoms with van der Waals surface area (Å²) in [5, 5.41) is 3.14. The number of carbonyl (C=O) groups is 1. The quantitative estimate of drug-likeness (QED) is 0.512. The van der Waals surface area contributed by atoms with Crippen molar-refractivity contribution in [2.24, 2.45) is 0 Å². The zero-order valence-corrected chi connectivity index (χ0v) is 20.8. The van der Waals surface area contributed by atoms with Crippen molar-refractivity contribution in [3.63, 3.8) is 0 Å². The number of nitrogens with one attached hydrogen (secondary N) is 1. The lowest BCUT2D eigenvalue weighted by Crippen LogP contribution is -2.44. The molecule has 0 aromatic heterocycles. The molecule has 1 amide bonds. The molecule has 1 N–H and O–H groups in total. The van der Waals surface area contributed by atoms with E-state index in [2.05, 4.69) is 22.2 Å². The first-order valence-corrected chi connectivity index (χ1v) is 12.9. The number of rotatable bonds is 7. The van der Waals surface area contributed by atoms with Crippen LogP contribution in [0, 0.1) is 5.82 Å². The number of hydrogen-bond donors (Lipinski definition) is 1. The molecule has 1 fully saturated rings. The van der Waals surface area contributed by atoms with Gasteiger partial charge in [-0.1, -0.05) is 11.6 Å². The SMILES string of the molecule is CN1CCN(c2ccc(NC(=O)CN(c3ccc(F)cc3)S(=O)(=O)c3ccc(Cl)cc3)cc2)CC1. The molecular formula is C25H26ClFN4O3S. The standard InChI is InChI=1S/C25H26ClFN4O3S/c1-29-14-16-30(17-15-29)22-10-6-21(7-11-22)28-25(32)18-31(23-8-4-20(27)5-9-23)35(33,34)24-12-2-19(26)3-13-24/h2-13H,14-18H2,1H3,(H,28,32). The van der Waals surface area contributed by atoms with Gasteiger partial charge in [-0.25, -0.2) is 12.8 Å². The highest BCUT2D eigenvalue weighted by Crippen LogP contribution is 2.25. The fourth-order valence-corrected chi connectivity index (χ4v) is 5.35. The second-order valence-corrected chi connectivity index (χ2v) is 10.6. The number of carbonyl (C=O) groups excluding carboxylic acids is 1. The summed E-state index contributed by atoms with van der Waals surface area (Å²) >= 11 is 5.90. The summed E-state index contributed by atoms with van der Waals surface area (Å²) in [6.07, 6.45) is 0. The number of halogens is 2. The number of nitrogens with zero attached hydrogens (tertiary/aromatic N) is 3. The van der Waals surface area contributed by atoms with Gasteiger partial charge in [0.05, 0.1) is 10.6 Å². The van der Waals surface area contributed by atoms with Crippen molar-refractivity contribution in [1.82, 2.24) is 4.90 Å². The lowest BCUT2D eigenvalue weighted by molar-refractivity contribution is -0.114. The van der Waals surface area contributed by atoms with Crippen LogP contribution in [0.15, 0.2) is 77.7 Å². The Morgan fingerprint density at radius 2 is 1.54 bits per heavy atom. The number of sulfonamides is 1. The van der Waals surface area contributed by atoms with E-state index in [0.29, 0.717) is 10.7 Å². The Labute approximate surface area is 209 Å². The van der Waals surface area contributed by atoms with Crippen LogP contribution >= 0.6 is 11.6 Å². The second kappa shape index (κ2) is 10.6. The van der Waals surface area contributed by atoms with Crippen LogP contribution in [0.4, 0.5) is 21.5 Å². The van der Waals surface area contributed by atoms with Gasteiger partial charge in [0.15, 0.2) is 0 Å². The van der Waals surface area contributed by atoms with Gasteiger partial charge in [0.25, 0.3) is 10.0 Å². The van der Waals surface area contributed by atoms with Crippen LogP contribution in [0.1, 0.15) is 0 Å². The number of likely N-dealkylation sites (N-methyl/N-ethyl adjacent to an activating group) is 1. The normalized spacial score (nSPS) is 14.5. The molecule has 1 saturated heterocycles. The molecule has 35 heavy (non-hydrogen) atoms. The van der Waals surface area contributed by atoms with E-state index in [9.17, 15) is 17.6 Å². The molecule has 0 bridgehead atoms. The van der Waals surface area contributed by atoms with Gasteiger partial charge in [-0.15, -0.1) is 0 Å². The van der Waals surface area contributed by atoms with Crippen LogP contribution in [0.3, 0.4) is 0 Å². The minimum absolute atomic E-state index is 0.0319. The minimum atomic E-state index is -4.12. The summed E-state index contributed by atoms with van der Waals surface area (Å²) in [5.74, 6) is -1.04. The summed E-state index contributed by atoms with van der Waals surface area (Å²) in [6, 6.07) is 18.0. The highest BCUT2D eigenvalue weighted by molar-refractivity contribution is 7.92. The minimum Gasteiger partial charge on any atom is -0.369 e. The second-order valence-electron chi connectivity index (χ2n) is 8.33. The van der Waals surface area contributed by atoms with Crippen LogP contribution < -0.4 is 14.5 Å². The first-order valence-electron chi connectivity index (χ1n) is 11.1. The third kappa shape index (κ3) is 6.11. The molecule has 0 radical (unpaired) electrons. The molecule has 0 unspecified atom stereocenters. The molecule has 10 heteroatoms. The van der Waals surface area contributed by atoms with E-state index < -0.39 is 28.3 Å². The van der Waals surface area contributed by atoms with E-state index in [1.165, 1.54) is 36.4 Å². The highest BCUT2D eigenvalue weighted by Gasteiger charge is 2.27. The van der Waals surface area contributed by atoms with Crippen molar-refractivity contribution >= 4 is 44.6 Å². The number of anilines is 3. The molecule has 7 nitrogen and oxygen atoms in total. The maximum absolute atomic E-state index is 13.5. The van der Waals surface area contributed by atoms with E-state index in [1.54, 1.807) is 12.1 Å². The number of benzene rings is 3. The Kier molecular flexibility index (Phi) is 7.59. The molecule has 3 aromatic carbocycles. The Morgan fingerprint density at radius 3 is 2.14 bits per heavy atom. The fourth-order valence-electron chi connectivity index (χ4n) is 3.81. The average Bonchev–Trinajstić information content (AvgIpc) is 2.84. The Hall–Kier alpha value is -3.14. The van der Waals surface area contributed by atoms with E-state index in [1.807, 2.05) is 12.1 Å². The lowest BCUT2D eigenvalue weighted by atomic mass is 10.2. The van der Waals surface area contributed by atoms with Crippen LogP contribution in [0.5, 0.6) is 0 Å². The van der Waals surface area contributed by atoms with Crippen molar-refractivity contribution in [3.8, 4) is 0 Å². The first kappa shape index (κ1) is 25.0. The summed E-state index contributed by atoms with van der Waals surface area (Å²) in [4.78, 5) is 17.4. The molecule has 184 valence electrons. The van der Waals surface area contributed by atoms with Crippen LogP contribution in [-0.2, 0) is 14.8 Å². The van der Waals surface area contributed by atoms with Crippen LogP contribution in [-0.4, -0.2) is 59.0 Å². The van der Waals surface area contributed by atoms with Gasteiger partial charge in [-0.3, -0.25) is 9.10 Å². The molecule has 0 saturated carbocycles. The maximum atomic E-state index is 13.5. The Balaban J connectivity index is 1.51. The van der Waals surface area contributed by atoms with Crippen molar-refractivity contribution in [2.75, 3.05) is 54.3 Å². The molecular weight excluding hydrogens is 491 g/mol. The molecule has 0 atom stereocenters. The third-order valence-corrected chi connectivity index (χ3v) is 7.86. The summed E-state index contributed by atoms with van der Waals surface area (Å²) in [7, 11) is -2.02. The van der Waals surface area contributed by atoms with E-state index in [4.69, 9.17) is 11.6 Å². The van der Waals surface area contributed by atoms with Gasteiger partial charge >= 0.3 is 0 Å². The smallest absolute Gasteiger partial charge is 0.264 e. The molecule has 0 spiro atoms. The van der Waals surface area contributed by atoms with Crippen LogP contribution in [0.2, 0.25) is 5.02 Å². The van der Waals surface area contributed by atoms with Gasteiger partial charge in [0.1, 0.15) is 12.4 Å². The van der Waals surface area contributed by atoms with Crippen molar-refractivity contribution in [3.05, 3.63) is 83.6 Å². The number of amides is 1. The fraction of sp³-hybridized carbons (Fsp3) is 0.240. The Bertz CT molecular complexity index is 1260. The van der Waals surface area contributed by atoms with Gasteiger partial charge in [0, 0.05) is 42.6 Å². The van der Waals surface area contributed by atoms with Gasteiger partial charge in [0.2, 0.25) is 5.91 Å². The molecule has 1 heterocycles. The van der Waals surface area contributed by atoms with Gasteiger partial charge < -0.3 is 15.1 Å². The monoisotopic (exact) mass is 516 g/mol. The zero-order valence-electron chi connectivity index (χ0n) is 19.2. The van der Waals surface area contributed by atoms with Gasteiger partial charge in [-0.2, -0.15) is 0 Å². The van der Waals surface area contributed by atoms with E-state index in [0.717, 1.165) is 48.3 Å². The lowest BCUT2D eigenvalue weighted by Gasteiger charge is -2.34. The highest BCUT2D eigenvalue weighted by atomic mass is 35.5. The predicted molar refractivity (Wildman–Crippen MR) is 137 cm³/mol. The molecule has 4 rings (SSSR count). The largest absolute Gasteiger partial charge is 0.369 e. The van der Waals surface area contributed by atoms with Crippen molar-refractivity contribution in [2.45, 2.75) is 4.90 Å². The van der Waals surface area contributed by atoms with E-state index in [-0.39, 0.29) is 10.6 Å². The number of piperazine rings is 1. The molecule has 1 aliphatic rings. The van der Waals surface area contributed by atoms with Crippen molar-refractivity contribution < 1.29 is 17.6 Å². The molecule has 1 aliphatic heterocycles. The Morgan fingerprint density at radius 1 is 0.943 bits per heavy atom. The van der Waals surface area contributed by atoms with Gasteiger partial charge in [-0.05, 0) is 79.8 Å². The van der Waals surface area contributed by atoms with Crippen LogP contribution in [0.25, 0.3) is 0 Å². The van der Waals surface area contributed by atoms with Crippen molar-refractivity contribution in [1.29, 1.82) is 0 Å². The summed E-state index contributed by atoms with van der Waals surface area (Å²) in [5.41, 5.74) is 1.78. The molecule has 0 aliphatic carbocycles. The summed E-state index contributed by atoms with van der Waals surface area (Å²) in [6.45, 7) is 3.34. The first-order chi connectivity index (χ1) is 16.7. The zero-order chi connectivity index (χ0) is 25.0. The average molecular weight is 517 g/mol.